The summed E-state index contributed by atoms with van der Waals surface area (Å²) in [6, 6.07) is 9.58. The summed E-state index contributed by atoms with van der Waals surface area (Å²) in [6.45, 7) is 2.30. The molecule has 0 N–H and O–H groups in total. The number of hydrogen-bond acceptors (Lipinski definition) is 5. The number of carbonyl (C=O) groups is 2. The summed E-state index contributed by atoms with van der Waals surface area (Å²) in [5, 5.41) is 0. The van der Waals surface area contributed by atoms with E-state index in [1.54, 1.807) is 14.2 Å². The second-order valence-corrected chi connectivity index (χ2v) is 6.46. The third-order valence-corrected chi connectivity index (χ3v) is 4.52. The van der Waals surface area contributed by atoms with Crippen molar-refractivity contribution in [1.29, 1.82) is 0 Å². The lowest BCUT2D eigenvalue weighted by atomic mass is 10.00. The summed E-state index contributed by atoms with van der Waals surface area (Å²) in [7, 11) is 3.20. The quantitative estimate of drug-likeness (QED) is 0.641. The number of imide groups is 1. The molecular formula is C19H27NO5. The highest BCUT2D eigenvalue weighted by atomic mass is 16.7. The van der Waals surface area contributed by atoms with Crippen LogP contribution >= 0.6 is 0 Å². The highest BCUT2D eigenvalue weighted by molar-refractivity contribution is 5.93. The molecule has 6 nitrogen and oxygen atoms in total. The Morgan fingerprint density at radius 3 is 2.60 bits per heavy atom. The smallest absolute Gasteiger partial charge is 0.416 e. The molecule has 0 saturated carbocycles. The Morgan fingerprint density at radius 1 is 1.28 bits per heavy atom. The molecule has 1 fully saturated rings. The van der Waals surface area contributed by atoms with E-state index in [0.29, 0.717) is 25.7 Å². The van der Waals surface area contributed by atoms with Gasteiger partial charge in [-0.25, -0.2) is 9.69 Å². The predicted octanol–water partition coefficient (Wildman–Crippen LogP) is 3.00. The van der Waals surface area contributed by atoms with Gasteiger partial charge in [0.15, 0.2) is 6.29 Å². The van der Waals surface area contributed by atoms with Gasteiger partial charge in [0.2, 0.25) is 5.91 Å². The van der Waals surface area contributed by atoms with Crippen molar-refractivity contribution < 1.29 is 23.8 Å². The first kappa shape index (κ1) is 19.4. The third-order valence-electron chi connectivity index (χ3n) is 4.52. The molecule has 6 heteroatoms. The van der Waals surface area contributed by atoms with E-state index in [0.717, 1.165) is 5.56 Å². The van der Waals surface area contributed by atoms with Crippen LogP contribution in [0.3, 0.4) is 0 Å². The number of carbonyl (C=O) groups excluding carboxylic acids is 2. The van der Waals surface area contributed by atoms with Crippen LogP contribution in [-0.4, -0.2) is 50.1 Å². The number of ether oxygens (including phenoxy) is 3. The Kier molecular flexibility index (Phi) is 7.40. The van der Waals surface area contributed by atoms with Crippen molar-refractivity contribution >= 4 is 12.0 Å². The van der Waals surface area contributed by atoms with E-state index in [4.69, 9.17) is 14.2 Å². The van der Waals surface area contributed by atoms with Gasteiger partial charge in [-0.3, -0.25) is 4.79 Å². The fraction of sp³-hybridized carbons (Fsp3) is 0.579. The Hall–Kier alpha value is -1.92. The Balaban J connectivity index is 1.88. The predicted molar refractivity (Wildman–Crippen MR) is 92.9 cm³/mol. The fourth-order valence-electron chi connectivity index (χ4n) is 3.03. The van der Waals surface area contributed by atoms with E-state index in [9.17, 15) is 9.59 Å². The average molecular weight is 349 g/mol. The average Bonchev–Trinajstić information content (AvgIpc) is 2.98. The van der Waals surface area contributed by atoms with Crippen LogP contribution in [0.25, 0.3) is 0 Å². The summed E-state index contributed by atoms with van der Waals surface area (Å²) < 4.78 is 15.5. The minimum atomic E-state index is -0.537. The van der Waals surface area contributed by atoms with Gasteiger partial charge >= 0.3 is 6.09 Å². The minimum Gasteiger partial charge on any atom is -0.447 e. The number of cyclic esters (lactones) is 1. The summed E-state index contributed by atoms with van der Waals surface area (Å²) in [5.41, 5.74) is 1.08. The molecule has 0 spiro atoms. The number of nitrogens with zero attached hydrogens (tertiary/aromatic N) is 1. The first-order valence-electron chi connectivity index (χ1n) is 8.63. The van der Waals surface area contributed by atoms with Crippen molar-refractivity contribution in [1.82, 2.24) is 4.90 Å². The number of rotatable bonds is 9. The summed E-state index contributed by atoms with van der Waals surface area (Å²) >= 11 is 0. The summed E-state index contributed by atoms with van der Waals surface area (Å²) in [6.07, 6.45) is 1.49. The van der Waals surface area contributed by atoms with Crippen LogP contribution in [0.4, 0.5) is 4.79 Å². The van der Waals surface area contributed by atoms with Crippen LogP contribution < -0.4 is 0 Å². The van der Waals surface area contributed by atoms with Crippen molar-refractivity contribution in [2.24, 2.45) is 5.92 Å². The summed E-state index contributed by atoms with van der Waals surface area (Å²) in [5.74, 6) is 0.0710. The molecule has 1 aliphatic rings. The highest BCUT2D eigenvalue weighted by Gasteiger charge is 2.37. The molecule has 1 aliphatic heterocycles. The molecule has 1 aromatic rings. The number of amides is 2. The van der Waals surface area contributed by atoms with Crippen LogP contribution in [0.1, 0.15) is 31.7 Å². The Morgan fingerprint density at radius 2 is 1.96 bits per heavy atom. The molecule has 0 bridgehead atoms. The Bertz CT molecular complexity index is 558. The van der Waals surface area contributed by atoms with E-state index in [1.165, 1.54) is 4.90 Å². The van der Waals surface area contributed by atoms with Crippen LogP contribution in [0, 0.1) is 5.92 Å². The third kappa shape index (κ3) is 5.54. The highest BCUT2D eigenvalue weighted by Crippen LogP contribution is 2.21. The van der Waals surface area contributed by atoms with Crippen molar-refractivity contribution in [3.8, 4) is 0 Å². The van der Waals surface area contributed by atoms with Gasteiger partial charge in [-0.15, -0.1) is 0 Å². The van der Waals surface area contributed by atoms with Crippen molar-refractivity contribution in [2.75, 3.05) is 20.8 Å². The van der Waals surface area contributed by atoms with Crippen LogP contribution in [0.2, 0.25) is 0 Å². The van der Waals surface area contributed by atoms with E-state index in [2.05, 4.69) is 0 Å². The zero-order chi connectivity index (χ0) is 18.2. The van der Waals surface area contributed by atoms with Gasteiger partial charge in [-0.05, 0) is 24.3 Å². The van der Waals surface area contributed by atoms with E-state index >= 15 is 0 Å². The van der Waals surface area contributed by atoms with E-state index in [1.807, 2.05) is 37.3 Å². The fourth-order valence-corrected chi connectivity index (χ4v) is 3.03. The molecule has 0 aromatic heterocycles. The molecular weight excluding hydrogens is 322 g/mol. The maximum Gasteiger partial charge on any atom is 0.416 e. The molecule has 1 heterocycles. The lowest BCUT2D eigenvalue weighted by Crippen LogP contribution is -2.40. The molecule has 2 amide bonds. The van der Waals surface area contributed by atoms with Gasteiger partial charge in [0.05, 0.1) is 6.04 Å². The molecule has 2 rings (SSSR count). The monoisotopic (exact) mass is 349 g/mol. The van der Waals surface area contributed by atoms with Crippen molar-refractivity contribution in [3.63, 3.8) is 0 Å². The molecule has 1 saturated heterocycles. The van der Waals surface area contributed by atoms with Crippen LogP contribution in [0.5, 0.6) is 0 Å². The van der Waals surface area contributed by atoms with Gasteiger partial charge in [-0.2, -0.15) is 0 Å². The molecule has 1 aromatic carbocycles. The molecule has 0 radical (unpaired) electrons. The topological polar surface area (TPSA) is 65.1 Å². The Labute approximate surface area is 149 Å². The number of hydrogen-bond donors (Lipinski definition) is 0. The lowest BCUT2D eigenvalue weighted by molar-refractivity contribution is -0.130. The molecule has 25 heavy (non-hydrogen) atoms. The normalized spacial score (nSPS) is 18.5. The van der Waals surface area contributed by atoms with E-state index in [-0.39, 0.29) is 30.8 Å². The van der Waals surface area contributed by atoms with Gasteiger partial charge in [0.25, 0.3) is 0 Å². The lowest BCUT2D eigenvalue weighted by Gasteiger charge is -2.21. The van der Waals surface area contributed by atoms with E-state index < -0.39 is 6.09 Å². The van der Waals surface area contributed by atoms with Crippen molar-refractivity contribution in [2.45, 2.75) is 44.9 Å². The molecule has 0 aliphatic carbocycles. The van der Waals surface area contributed by atoms with Gasteiger partial charge in [0.1, 0.15) is 6.61 Å². The maximum absolute atomic E-state index is 12.5. The number of methoxy groups -OCH3 is 2. The van der Waals surface area contributed by atoms with Gasteiger partial charge < -0.3 is 14.2 Å². The standard InChI is InChI=1S/C19H27NO5/c1-14(11-18(23-2)24-3)9-10-17(21)20-16(13-25-19(20)22)12-15-7-5-4-6-8-15/h4-8,14,16,18H,9-13H2,1-3H3. The summed E-state index contributed by atoms with van der Waals surface area (Å²) in [4.78, 5) is 25.8. The van der Waals surface area contributed by atoms with Crippen LogP contribution in [-0.2, 0) is 25.4 Å². The number of benzene rings is 1. The largest absolute Gasteiger partial charge is 0.447 e. The second-order valence-electron chi connectivity index (χ2n) is 6.46. The van der Waals surface area contributed by atoms with Crippen LogP contribution in [0.15, 0.2) is 30.3 Å². The molecule has 138 valence electrons. The zero-order valence-corrected chi connectivity index (χ0v) is 15.1. The maximum atomic E-state index is 12.5. The zero-order valence-electron chi connectivity index (χ0n) is 15.1. The minimum absolute atomic E-state index is 0.179. The molecule has 2 unspecified atom stereocenters. The first-order chi connectivity index (χ1) is 12.0. The van der Waals surface area contributed by atoms with Gasteiger partial charge in [0, 0.05) is 27.1 Å². The van der Waals surface area contributed by atoms with Gasteiger partial charge in [-0.1, -0.05) is 37.3 Å². The second kappa shape index (κ2) is 9.53. The first-order valence-corrected chi connectivity index (χ1v) is 8.63. The molecule has 2 atom stereocenters. The SMILES string of the molecule is COC(CC(C)CCC(=O)N1C(=O)OCC1Cc1ccccc1)OC. The van der Waals surface area contributed by atoms with Crippen molar-refractivity contribution in [3.05, 3.63) is 35.9 Å².